The molecule has 0 aliphatic carbocycles. The number of carbonyl (C=O) groups excluding carboxylic acids is 1. The van der Waals surface area contributed by atoms with E-state index in [0.717, 1.165) is 12.2 Å². The molecule has 1 atom stereocenters. The molecule has 5 heteroatoms. The molecule has 5 nitrogen and oxygen atoms in total. The Morgan fingerprint density at radius 3 is 2.75 bits per heavy atom. The number of anilines is 2. The van der Waals surface area contributed by atoms with Gasteiger partial charge in [-0.25, -0.2) is 0 Å². The van der Waals surface area contributed by atoms with Crippen molar-refractivity contribution in [2.24, 2.45) is 0 Å². The molecular formula is C15H24N4O. The summed E-state index contributed by atoms with van der Waals surface area (Å²) >= 11 is 0. The van der Waals surface area contributed by atoms with Gasteiger partial charge in [0.2, 0.25) is 0 Å². The normalized spacial score (nSPS) is 16.9. The standard InChI is InChI=1S/C15H24N4O/c1-11(10-19-7-3-4-8-19)18-14-9-12(16)5-6-13(14)15(20)17-2/h5-6,9,11,18H,3-4,7-8,10,16H2,1-2H3,(H,17,20). The van der Waals surface area contributed by atoms with Crippen molar-refractivity contribution in [1.29, 1.82) is 0 Å². The van der Waals surface area contributed by atoms with Crippen molar-refractivity contribution in [3.8, 4) is 0 Å². The number of likely N-dealkylation sites (tertiary alicyclic amines) is 1. The first-order valence-electron chi connectivity index (χ1n) is 7.20. The lowest BCUT2D eigenvalue weighted by Crippen LogP contribution is -2.33. The van der Waals surface area contributed by atoms with E-state index in [0.29, 0.717) is 11.3 Å². The summed E-state index contributed by atoms with van der Waals surface area (Å²) in [6, 6.07) is 5.61. The fourth-order valence-electron chi connectivity index (χ4n) is 2.68. The van der Waals surface area contributed by atoms with Gasteiger partial charge in [-0.2, -0.15) is 0 Å². The molecule has 110 valence electrons. The smallest absolute Gasteiger partial charge is 0.253 e. The topological polar surface area (TPSA) is 70.4 Å². The molecule has 0 bridgehead atoms. The van der Waals surface area contributed by atoms with Gasteiger partial charge in [0.05, 0.1) is 5.56 Å². The van der Waals surface area contributed by atoms with E-state index in [9.17, 15) is 4.79 Å². The molecule has 0 radical (unpaired) electrons. The summed E-state index contributed by atoms with van der Waals surface area (Å²) in [5.41, 5.74) is 7.92. The molecule has 4 N–H and O–H groups in total. The van der Waals surface area contributed by atoms with Gasteiger partial charge in [-0.1, -0.05) is 0 Å². The number of rotatable bonds is 5. The molecule has 1 fully saturated rings. The summed E-state index contributed by atoms with van der Waals surface area (Å²) in [5.74, 6) is -0.0964. The zero-order chi connectivity index (χ0) is 14.5. The van der Waals surface area contributed by atoms with Crippen LogP contribution in [0.25, 0.3) is 0 Å². The molecule has 2 rings (SSSR count). The zero-order valence-corrected chi connectivity index (χ0v) is 12.3. The molecule has 1 amide bonds. The lowest BCUT2D eigenvalue weighted by atomic mass is 10.1. The van der Waals surface area contributed by atoms with Crippen molar-refractivity contribution in [3.63, 3.8) is 0 Å². The minimum atomic E-state index is -0.0964. The van der Waals surface area contributed by atoms with E-state index in [4.69, 9.17) is 5.73 Å². The van der Waals surface area contributed by atoms with Gasteiger partial charge in [0.1, 0.15) is 0 Å². The molecule has 20 heavy (non-hydrogen) atoms. The number of hydrogen-bond donors (Lipinski definition) is 3. The summed E-state index contributed by atoms with van der Waals surface area (Å²) in [6.45, 7) is 5.47. The van der Waals surface area contributed by atoms with E-state index in [1.165, 1.54) is 25.9 Å². The van der Waals surface area contributed by atoms with Gasteiger partial charge in [0, 0.05) is 31.0 Å². The van der Waals surface area contributed by atoms with E-state index in [1.54, 1.807) is 19.2 Å². The maximum absolute atomic E-state index is 11.9. The Labute approximate surface area is 120 Å². The highest BCUT2D eigenvalue weighted by atomic mass is 16.1. The van der Waals surface area contributed by atoms with Crippen LogP contribution in [0.2, 0.25) is 0 Å². The summed E-state index contributed by atoms with van der Waals surface area (Å²) < 4.78 is 0. The molecule has 0 spiro atoms. The molecule has 1 aromatic rings. The highest BCUT2D eigenvalue weighted by Crippen LogP contribution is 2.20. The number of nitrogens with zero attached hydrogens (tertiary/aromatic N) is 1. The van der Waals surface area contributed by atoms with Crippen molar-refractivity contribution in [2.45, 2.75) is 25.8 Å². The van der Waals surface area contributed by atoms with Crippen molar-refractivity contribution in [1.82, 2.24) is 10.2 Å². The van der Waals surface area contributed by atoms with Gasteiger partial charge in [-0.3, -0.25) is 4.79 Å². The number of carbonyl (C=O) groups is 1. The van der Waals surface area contributed by atoms with E-state index in [-0.39, 0.29) is 11.9 Å². The van der Waals surface area contributed by atoms with Crippen LogP contribution in [-0.2, 0) is 0 Å². The van der Waals surface area contributed by atoms with Gasteiger partial charge >= 0.3 is 0 Å². The van der Waals surface area contributed by atoms with Crippen LogP contribution in [0.15, 0.2) is 18.2 Å². The Morgan fingerprint density at radius 2 is 2.10 bits per heavy atom. The molecule has 1 aliphatic heterocycles. The third kappa shape index (κ3) is 3.63. The van der Waals surface area contributed by atoms with E-state index >= 15 is 0 Å². The largest absolute Gasteiger partial charge is 0.399 e. The Kier molecular flexibility index (Phi) is 4.84. The highest BCUT2D eigenvalue weighted by molar-refractivity contribution is 6.00. The summed E-state index contributed by atoms with van der Waals surface area (Å²) in [4.78, 5) is 14.3. The van der Waals surface area contributed by atoms with Gasteiger partial charge in [-0.05, 0) is 51.1 Å². The lowest BCUT2D eigenvalue weighted by Gasteiger charge is -2.23. The fraction of sp³-hybridized carbons (Fsp3) is 0.533. The third-order valence-corrected chi connectivity index (χ3v) is 3.65. The molecule has 1 saturated heterocycles. The Bertz CT molecular complexity index is 469. The van der Waals surface area contributed by atoms with Crippen LogP contribution in [0.1, 0.15) is 30.1 Å². The van der Waals surface area contributed by atoms with Gasteiger partial charge < -0.3 is 21.3 Å². The average Bonchev–Trinajstić information content (AvgIpc) is 2.90. The minimum Gasteiger partial charge on any atom is -0.399 e. The second-order valence-electron chi connectivity index (χ2n) is 5.44. The van der Waals surface area contributed by atoms with Crippen molar-refractivity contribution in [3.05, 3.63) is 23.8 Å². The number of hydrogen-bond acceptors (Lipinski definition) is 4. The van der Waals surface area contributed by atoms with Gasteiger partial charge in [0.25, 0.3) is 5.91 Å². The van der Waals surface area contributed by atoms with Crippen LogP contribution >= 0.6 is 0 Å². The molecule has 0 saturated carbocycles. The van der Waals surface area contributed by atoms with Crippen LogP contribution in [0.3, 0.4) is 0 Å². The van der Waals surface area contributed by atoms with E-state index in [1.807, 2.05) is 6.07 Å². The van der Waals surface area contributed by atoms with Crippen LogP contribution < -0.4 is 16.4 Å². The van der Waals surface area contributed by atoms with Gasteiger partial charge in [0.15, 0.2) is 0 Å². The van der Waals surface area contributed by atoms with Crippen LogP contribution in [0.5, 0.6) is 0 Å². The zero-order valence-electron chi connectivity index (χ0n) is 12.3. The Balaban J connectivity index is 2.06. The summed E-state index contributed by atoms with van der Waals surface area (Å²) in [7, 11) is 1.64. The Hall–Kier alpha value is -1.75. The minimum absolute atomic E-state index is 0.0964. The predicted octanol–water partition coefficient (Wildman–Crippen LogP) is 1.52. The van der Waals surface area contributed by atoms with Crippen LogP contribution in [-0.4, -0.2) is 43.5 Å². The summed E-state index contributed by atoms with van der Waals surface area (Å²) in [6.07, 6.45) is 2.57. The third-order valence-electron chi connectivity index (χ3n) is 3.65. The average molecular weight is 276 g/mol. The molecule has 1 unspecified atom stereocenters. The quantitative estimate of drug-likeness (QED) is 0.713. The number of nitrogens with two attached hydrogens (primary N) is 1. The Morgan fingerprint density at radius 1 is 1.40 bits per heavy atom. The van der Waals surface area contributed by atoms with Crippen molar-refractivity contribution in [2.75, 3.05) is 37.7 Å². The first-order valence-corrected chi connectivity index (χ1v) is 7.20. The van der Waals surface area contributed by atoms with Crippen LogP contribution in [0, 0.1) is 0 Å². The van der Waals surface area contributed by atoms with E-state index < -0.39 is 0 Å². The molecule has 1 aliphatic rings. The highest BCUT2D eigenvalue weighted by Gasteiger charge is 2.16. The van der Waals surface area contributed by atoms with Gasteiger partial charge in [-0.15, -0.1) is 0 Å². The fourth-order valence-corrected chi connectivity index (χ4v) is 2.68. The SMILES string of the molecule is CNC(=O)c1ccc(N)cc1NC(C)CN1CCCC1. The molecule has 1 heterocycles. The maximum Gasteiger partial charge on any atom is 0.253 e. The lowest BCUT2D eigenvalue weighted by molar-refractivity contribution is 0.0964. The molecule has 1 aromatic carbocycles. The molecule has 0 aromatic heterocycles. The molecular weight excluding hydrogens is 252 g/mol. The predicted molar refractivity (Wildman–Crippen MR) is 83.0 cm³/mol. The number of nitrogen functional groups attached to an aromatic ring is 1. The van der Waals surface area contributed by atoms with Crippen molar-refractivity contribution >= 4 is 17.3 Å². The monoisotopic (exact) mass is 276 g/mol. The summed E-state index contributed by atoms with van der Waals surface area (Å²) in [5, 5.41) is 6.07. The second-order valence-corrected chi connectivity index (χ2v) is 5.44. The first kappa shape index (κ1) is 14.7. The number of amides is 1. The second kappa shape index (κ2) is 6.61. The number of benzene rings is 1. The van der Waals surface area contributed by atoms with Crippen LogP contribution in [0.4, 0.5) is 11.4 Å². The maximum atomic E-state index is 11.9. The van der Waals surface area contributed by atoms with Crippen molar-refractivity contribution < 1.29 is 4.79 Å². The first-order chi connectivity index (χ1) is 9.60. The van der Waals surface area contributed by atoms with E-state index in [2.05, 4.69) is 22.5 Å². The number of nitrogens with one attached hydrogen (secondary N) is 2.